The highest BCUT2D eigenvalue weighted by Crippen LogP contribution is 2.53. The fourth-order valence-electron chi connectivity index (χ4n) is 4.85. The third kappa shape index (κ3) is 4.06. The maximum atomic E-state index is 13.4. The first kappa shape index (κ1) is 25.0. The third-order valence-electron chi connectivity index (χ3n) is 6.62. The Morgan fingerprint density at radius 2 is 1.55 bits per heavy atom. The molecule has 0 aromatic heterocycles. The summed E-state index contributed by atoms with van der Waals surface area (Å²) in [4.78, 5) is 26.0. The zero-order chi connectivity index (χ0) is 27.0. The van der Waals surface area contributed by atoms with Gasteiger partial charge < -0.3 is 33.2 Å². The molecule has 9 heteroatoms. The summed E-state index contributed by atoms with van der Waals surface area (Å²) in [5, 5.41) is 0. The van der Waals surface area contributed by atoms with Gasteiger partial charge in [0.2, 0.25) is 11.5 Å². The normalized spacial score (nSPS) is 16.8. The SMILES string of the molecule is COc1ccc(/C=C2\Oc3c(ccc4c3[C@@H](c3ccc(OC)c(OC)c3OC)CC(=O)O4)C2=O)c(OC)c1. The topological polar surface area (TPSA) is 98.8 Å². The van der Waals surface area contributed by atoms with Crippen molar-refractivity contribution >= 4 is 17.8 Å². The third-order valence-corrected chi connectivity index (χ3v) is 6.62. The van der Waals surface area contributed by atoms with Crippen LogP contribution in [0.2, 0.25) is 0 Å². The number of Topliss-reactive ketones (excluding diaryl/α,β-unsaturated/α-hetero) is 1. The van der Waals surface area contributed by atoms with Crippen LogP contribution in [0, 0.1) is 0 Å². The zero-order valence-electron chi connectivity index (χ0n) is 21.6. The second-order valence-electron chi connectivity index (χ2n) is 8.56. The van der Waals surface area contributed by atoms with Crippen LogP contribution in [0.5, 0.6) is 40.2 Å². The Bertz CT molecular complexity index is 1470. The summed E-state index contributed by atoms with van der Waals surface area (Å²) < 4.78 is 39.1. The minimum Gasteiger partial charge on any atom is -0.497 e. The summed E-state index contributed by atoms with van der Waals surface area (Å²) in [6.07, 6.45) is 1.63. The first-order valence-electron chi connectivity index (χ1n) is 11.8. The first-order valence-corrected chi connectivity index (χ1v) is 11.8. The van der Waals surface area contributed by atoms with Gasteiger partial charge in [0.15, 0.2) is 17.3 Å². The Morgan fingerprint density at radius 3 is 2.24 bits per heavy atom. The molecule has 0 saturated carbocycles. The van der Waals surface area contributed by atoms with Gasteiger partial charge in [-0.25, -0.2) is 0 Å². The van der Waals surface area contributed by atoms with Crippen molar-refractivity contribution in [3.8, 4) is 40.2 Å². The van der Waals surface area contributed by atoms with Crippen LogP contribution in [-0.4, -0.2) is 47.3 Å². The number of methoxy groups -OCH3 is 5. The lowest BCUT2D eigenvalue weighted by Crippen LogP contribution is -2.22. The lowest BCUT2D eigenvalue weighted by Gasteiger charge is -2.28. The quantitative estimate of drug-likeness (QED) is 0.248. The molecule has 2 aliphatic heterocycles. The van der Waals surface area contributed by atoms with Crippen molar-refractivity contribution in [2.75, 3.05) is 35.5 Å². The molecule has 5 rings (SSSR count). The van der Waals surface area contributed by atoms with E-state index < -0.39 is 11.9 Å². The molecule has 1 atom stereocenters. The molecule has 0 aliphatic carbocycles. The average molecular weight is 519 g/mol. The summed E-state index contributed by atoms with van der Waals surface area (Å²) in [5.74, 6) is 1.96. The number of carbonyl (C=O) groups is 2. The van der Waals surface area contributed by atoms with Crippen LogP contribution in [0.25, 0.3) is 6.08 Å². The highest BCUT2D eigenvalue weighted by atomic mass is 16.5. The molecule has 2 heterocycles. The maximum Gasteiger partial charge on any atom is 0.312 e. The molecule has 9 nitrogen and oxygen atoms in total. The Balaban J connectivity index is 1.64. The maximum absolute atomic E-state index is 13.4. The predicted octanol–water partition coefficient (Wildman–Crippen LogP) is 4.79. The van der Waals surface area contributed by atoms with Gasteiger partial charge in [0.1, 0.15) is 23.0 Å². The summed E-state index contributed by atoms with van der Waals surface area (Å²) in [6.45, 7) is 0. The van der Waals surface area contributed by atoms with Crippen LogP contribution in [0.1, 0.15) is 39.4 Å². The van der Waals surface area contributed by atoms with Crippen LogP contribution in [-0.2, 0) is 4.79 Å². The van der Waals surface area contributed by atoms with Gasteiger partial charge in [0, 0.05) is 28.7 Å². The van der Waals surface area contributed by atoms with E-state index in [4.69, 9.17) is 33.2 Å². The van der Waals surface area contributed by atoms with Crippen LogP contribution in [0.3, 0.4) is 0 Å². The molecule has 0 spiro atoms. The van der Waals surface area contributed by atoms with E-state index >= 15 is 0 Å². The summed E-state index contributed by atoms with van der Waals surface area (Å²) in [7, 11) is 7.66. The Labute approximate surface area is 219 Å². The Kier molecular flexibility index (Phi) is 6.59. The van der Waals surface area contributed by atoms with Crippen molar-refractivity contribution in [1.82, 2.24) is 0 Å². The number of rotatable bonds is 7. The minimum atomic E-state index is -0.529. The van der Waals surface area contributed by atoms with E-state index in [1.807, 2.05) is 6.07 Å². The van der Waals surface area contributed by atoms with E-state index in [-0.39, 0.29) is 18.0 Å². The lowest BCUT2D eigenvalue weighted by molar-refractivity contribution is -0.135. The van der Waals surface area contributed by atoms with Crippen molar-refractivity contribution in [2.45, 2.75) is 12.3 Å². The fraction of sp³-hybridized carbons (Fsp3) is 0.241. The van der Waals surface area contributed by atoms with Gasteiger partial charge in [0.25, 0.3) is 0 Å². The van der Waals surface area contributed by atoms with Gasteiger partial charge in [-0.3, -0.25) is 9.59 Å². The van der Waals surface area contributed by atoms with Crippen molar-refractivity contribution < 1.29 is 42.7 Å². The molecular weight excluding hydrogens is 492 g/mol. The average Bonchev–Trinajstić information content (AvgIpc) is 3.26. The Morgan fingerprint density at radius 1 is 0.789 bits per heavy atom. The molecule has 38 heavy (non-hydrogen) atoms. The molecule has 0 saturated heterocycles. The number of carbonyl (C=O) groups excluding carboxylic acids is 2. The molecule has 0 N–H and O–H groups in total. The highest BCUT2D eigenvalue weighted by molar-refractivity contribution is 6.15. The lowest BCUT2D eigenvalue weighted by atomic mass is 9.84. The number of esters is 1. The van der Waals surface area contributed by atoms with E-state index in [1.54, 1.807) is 49.6 Å². The number of ether oxygens (including phenoxy) is 7. The molecule has 0 bridgehead atoms. The van der Waals surface area contributed by atoms with Crippen molar-refractivity contribution in [3.05, 3.63) is 70.5 Å². The van der Waals surface area contributed by atoms with Gasteiger partial charge in [-0.15, -0.1) is 0 Å². The zero-order valence-corrected chi connectivity index (χ0v) is 21.6. The van der Waals surface area contributed by atoms with Crippen molar-refractivity contribution in [2.24, 2.45) is 0 Å². The highest BCUT2D eigenvalue weighted by Gasteiger charge is 2.40. The van der Waals surface area contributed by atoms with Gasteiger partial charge in [-0.2, -0.15) is 0 Å². The van der Waals surface area contributed by atoms with Crippen molar-refractivity contribution in [3.63, 3.8) is 0 Å². The van der Waals surface area contributed by atoms with Gasteiger partial charge in [0.05, 0.1) is 47.5 Å². The van der Waals surface area contributed by atoms with E-state index in [9.17, 15) is 9.59 Å². The summed E-state index contributed by atoms with van der Waals surface area (Å²) in [6, 6.07) is 12.0. The number of allylic oxidation sites excluding steroid dienone is 1. The van der Waals surface area contributed by atoms with E-state index in [1.165, 1.54) is 28.4 Å². The number of hydrogen-bond acceptors (Lipinski definition) is 9. The van der Waals surface area contributed by atoms with Crippen LogP contribution in [0.15, 0.2) is 48.2 Å². The predicted molar refractivity (Wildman–Crippen MR) is 137 cm³/mol. The standard InChI is InChI=1S/C29H26O9/c1-32-16-7-6-15(22(13-16)34-3)12-23-26(31)18-9-10-20-25(27(18)38-23)19(14-24(30)37-20)17-8-11-21(33-2)29(36-5)28(17)35-4/h6-13,19H,14H2,1-5H3/b23-12-/t19-/m1/s1. The Hall–Kier alpha value is -4.66. The number of fused-ring (bicyclic) bond motifs is 3. The molecule has 2 aliphatic rings. The molecular formula is C29H26O9. The van der Waals surface area contributed by atoms with E-state index in [0.717, 1.165) is 0 Å². The van der Waals surface area contributed by atoms with Gasteiger partial charge in [-0.1, -0.05) is 6.07 Å². The van der Waals surface area contributed by atoms with Crippen LogP contribution in [0.4, 0.5) is 0 Å². The second-order valence-corrected chi connectivity index (χ2v) is 8.56. The summed E-state index contributed by atoms with van der Waals surface area (Å²) >= 11 is 0. The van der Waals surface area contributed by atoms with E-state index in [0.29, 0.717) is 62.5 Å². The fourth-order valence-corrected chi connectivity index (χ4v) is 4.85. The molecule has 0 fully saturated rings. The molecule has 0 amide bonds. The molecule has 196 valence electrons. The van der Waals surface area contributed by atoms with Crippen LogP contribution < -0.4 is 33.2 Å². The molecule has 0 radical (unpaired) electrons. The number of benzene rings is 3. The monoisotopic (exact) mass is 518 g/mol. The van der Waals surface area contributed by atoms with Gasteiger partial charge >= 0.3 is 5.97 Å². The number of ketones is 1. The summed E-state index contributed by atoms with van der Waals surface area (Å²) in [5.41, 5.74) is 2.25. The van der Waals surface area contributed by atoms with Gasteiger partial charge in [-0.05, 0) is 36.4 Å². The van der Waals surface area contributed by atoms with E-state index in [2.05, 4.69) is 0 Å². The van der Waals surface area contributed by atoms with Crippen molar-refractivity contribution in [1.29, 1.82) is 0 Å². The first-order chi connectivity index (χ1) is 18.4. The largest absolute Gasteiger partial charge is 0.497 e. The number of hydrogen-bond donors (Lipinski definition) is 0. The second kappa shape index (κ2) is 10.0. The minimum absolute atomic E-state index is 0.0121. The smallest absolute Gasteiger partial charge is 0.312 e. The molecule has 0 unspecified atom stereocenters. The van der Waals surface area contributed by atoms with Crippen LogP contribution >= 0.6 is 0 Å². The molecule has 3 aromatic carbocycles. The molecule has 3 aromatic rings.